The van der Waals surface area contributed by atoms with Crippen LogP contribution < -0.4 is 5.32 Å². The number of fused-ring (bicyclic) bond motifs is 1. The average molecular weight is 301 g/mol. The molecule has 1 saturated heterocycles. The molecule has 0 unspecified atom stereocenters. The van der Waals surface area contributed by atoms with Crippen molar-refractivity contribution in [1.29, 1.82) is 0 Å². The summed E-state index contributed by atoms with van der Waals surface area (Å²) in [6, 6.07) is 4.09. The highest BCUT2D eigenvalue weighted by Gasteiger charge is 2.29. The Morgan fingerprint density at radius 2 is 2.32 bits per heavy atom. The third kappa shape index (κ3) is 2.86. The van der Waals surface area contributed by atoms with Crippen LogP contribution in [-0.4, -0.2) is 35.4 Å². The van der Waals surface area contributed by atoms with E-state index in [0.717, 1.165) is 29.6 Å². The van der Waals surface area contributed by atoms with Crippen LogP contribution in [-0.2, 0) is 10.3 Å². The largest absolute Gasteiger partial charge is 0.464 e. The highest BCUT2D eigenvalue weighted by molar-refractivity contribution is 5.82. The topological polar surface area (TPSA) is 58.4 Å². The van der Waals surface area contributed by atoms with Crippen LogP contribution in [0.3, 0.4) is 0 Å². The van der Waals surface area contributed by atoms with Crippen molar-refractivity contribution in [3.05, 3.63) is 30.3 Å². The smallest absolute Gasteiger partial charge is 0.222 e. The molecule has 1 fully saturated rings. The Bertz CT molecular complexity index is 677. The molecule has 0 aromatic carbocycles. The van der Waals surface area contributed by atoms with Crippen molar-refractivity contribution < 1.29 is 9.21 Å². The lowest BCUT2D eigenvalue weighted by molar-refractivity contribution is -0.123. The molecule has 1 aliphatic heterocycles. The molecule has 118 valence electrons. The van der Waals surface area contributed by atoms with Crippen LogP contribution in [0.5, 0.6) is 0 Å². The molecule has 2 aromatic rings. The third-order valence-electron chi connectivity index (χ3n) is 4.52. The quantitative estimate of drug-likeness (QED) is 0.943. The number of likely N-dealkylation sites (tertiary alicyclic amines) is 1. The Morgan fingerprint density at radius 1 is 1.50 bits per heavy atom. The summed E-state index contributed by atoms with van der Waals surface area (Å²) >= 11 is 0. The Hall–Kier alpha value is -1.88. The van der Waals surface area contributed by atoms with Crippen molar-refractivity contribution in [2.24, 2.45) is 0 Å². The van der Waals surface area contributed by atoms with Gasteiger partial charge in [-0.2, -0.15) is 0 Å². The van der Waals surface area contributed by atoms with E-state index in [2.05, 4.69) is 22.2 Å². The van der Waals surface area contributed by atoms with Crippen molar-refractivity contribution in [1.82, 2.24) is 15.2 Å². The van der Waals surface area contributed by atoms with Gasteiger partial charge < -0.3 is 14.6 Å². The van der Waals surface area contributed by atoms with Gasteiger partial charge in [0.25, 0.3) is 0 Å². The minimum absolute atomic E-state index is 0.0750. The molecule has 1 N–H and O–H groups in total. The SMILES string of the molecule is CN1CCC[C@H]1CC(=O)NC(C)(C)c1nccc2occc12. The molecule has 3 heterocycles. The van der Waals surface area contributed by atoms with Crippen LogP contribution in [0.2, 0.25) is 0 Å². The summed E-state index contributed by atoms with van der Waals surface area (Å²) in [5.41, 5.74) is 1.10. The summed E-state index contributed by atoms with van der Waals surface area (Å²) < 4.78 is 5.42. The number of furan rings is 1. The number of hydrogen-bond acceptors (Lipinski definition) is 4. The Morgan fingerprint density at radius 3 is 3.05 bits per heavy atom. The zero-order chi connectivity index (χ0) is 15.7. The maximum atomic E-state index is 12.4. The predicted molar refractivity (Wildman–Crippen MR) is 85.4 cm³/mol. The third-order valence-corrected chi connectivity index (χ3v) is 4.52. The molecule has 1 amide bonds. The van der Waals surface area contributed by atoms with Gasteiger partial charge in [0.2, 0.25) is 5.91 Å². The van der Waals surface area contributed by atoms with E-state index >= 15 is 0 Å². The number of carbonyl (C=O) groups is 1. The molecular formula is C17H23N3O2. The molecule has 1 atom stereocenters. The molecule has 0 spiro atoms. The number of carbonyl (C=O) groups excluding carboxylic acids is 1. The molecule has 5 heteroatoms. The maximum absolute atomic E-state index is 12.4. The second kappa shape index (κ2) is 5.72. The van der Waals surface area contributed by atoms with Crippen LogP contribution in [0.15, 0.2) is 29.0 Å². The van der Waals surface area contributed by atoms with E-state index in [1.807, 2.05) is 26.0 Å². The van der Waals surface area contributed by atoms with Crippen molar-refractivity contribution in [3.8, 4) is 0 Å². The van der Waals surface area contributed by atoms with E-state index in [4.69, 9.17) is 4.42 Å². The standard InChI is InChI=1S/C17H23N3O2/c1-17(2,16-13-7-10-22-14(13)6-8-18-16)19-15(21)11-12-5-4-9-20(12)3/h6-8,10,12H,4-5,9,11H2,1-3H3,(H,19,21)/t12-/m0/s1. The van der Waals surface area contributed by atoms with Gasteiger partial charge in [-0.15, -0.1) is 0 Å². The second-order valence-electron chi connectivity index (χ2n) is 6.65. The minimum Gasteiger partial charge on any atom is -0.464 e. The lowest BCUT2D eigenvalue weighted by Gasteiger charge is -2.28. The van der Waals surface area contributed by atoms with Gasteiger partial charge in [0, 0.05) is 24.0 Å². The molecule has 0 aliphatic carbocycles. The number of nitrogens with one attached hydrogen (secondary N) is 1. The van der Waals surface area contributed by atoms with Crippen LogP contribution in [0.4, 0.5) is 0 Å². The number of aromatic nitrogens is 1. The van der Waals surface area contributed by atoms with Crippen LogP contribution in [0.1, 0.15) is 38.8 Å². The second-order valence-corrected chi connectivity index (χ2v) is 6.65. The number of nitrogens with zero attached hydrogens (tertiary/aromatic N) is 2. The molecule has 2 aromatic heterocycles. The zero-order valence-electron chi connectivity index (χ0n) is 13.4. The molecule has 0 saturated carbocycles. The summed E-state index contributed by atoms with van der Waals surface area (Å²) in [6.45, 7) is 5.05. The Balaban J connectivity index is 1.75. The summed E-state index contributed by atoms with van der Waals surface area (Å²) in [5, 5.41) is 4.08. The fraction of sp³-hybridized carbons (Fsp3) is 0.529. The molecule has 1 aliphatic rings. The normalized spacial score (nSPS) is 19.7. The van der Waals surface area contributed by atoms with Crippen LogP contribution in [0.25, 0.3) is 11.0 Å². The van der Waals surface area contributed by atoms with Gasteiger partial charge in [-0.3, -0.25) is 9.78 Å². The lowest BCUT2D eigenvalue weighted by atomic mass is 9.96. The molecular weight excluding hydrogens is 278 g/mol. The van der Waals surface area contributed by atoms with Crippen molar-refractivity contribution in [3.63, 3.8) is 0 Å². The molecule has 5 nitrogen and oxygen atoms in total. The number of amides is 1. The number of hydrogen-bond donors (Lipinski definition) is 1. The van der Waals surface area contributed by atoms with E-state index in [9.17, 15) is 4.79 Å². The van der Waals surface area contributed by atoms with E-state index in [1.165, 1.54) is 6.42 Å². The van der Waals surface area contributed by atoms with Gasteiger partial charge in [-0.05, 0) is 52.4 Å². The van der Waals surface area contributed by atoms with Crippen LogP contribution in [0, 0.1) is 0 Å². The number of rotatable bonds is 4. The van der Waals surface area contributed by atoms with Crippen LogP contribution >= 0.6 is 0 Å². The van der Waals surface area contributed by atoms with Gasteiger partial charge in [-0.1, -0.05) is 0 Å². The van der Waals surface area contributed by atoms with Gasteiger partial charge in [-0.25, -0.2) is 0 Å². The minimum atomic E-state index is -0.530. The van der Waals surface area contributed by atoms with Gasteiger partial charge >= 0.3 is 0 Å². The zero-order valence-corrected chi connectivity index (χ0v) is 13.4. The maximum Gasteiger partial charge on any atom is 0.222 e. The fourth-order valence-corrected chi connectivity index (χ4v) is 3.30. The van der Waals surface area contributed by atoms with Gasteiger partial charge in [0.05, 0.1) is 17.5 Å². The average Bonchev–Trinajstić information content (AvgIpc) is 3.07. The Kier molecular flexibility index (Phi) is 3.91. The fourth-order valence-electron chi connectivity index (χ4n) is 3.30. The van der Waals surface area contributed by atoms with Crippen molar-refractivity contribution in [2.75, 3.05) is 13.6 Å². The highest BCUT2D eigenvalue weighted by Crippen LogP contribution is 2.27. The molecule has 22 heavy (non-hydrogen) atoms. The lowest BCUT2D eigenvalue weighted by Crippen LogP contribution is -2.43. The Labute approximate surface area is 130 Å². The summed E-state index contributed by atoms with van der Waals surface area (Å²) in [7, 11) is 2.09. The molecule has 0 radical (unpaired) electrons. The van der Waals surface area contributed by atoms with E-state index in [-0.39, 0.29) is 5.91 Å². The van der Waals surface area contributed by atoms with Crippen molar-refractivity contribution in [2.45, 2.75) is 44.7 Å². The number of pyridine rings is 1. The summed E-state index contributed by atoms with van der Waals surface area (Å²) in [6.07, 6.45) is 6.19. The molecule has 0 bridgehead atoms. The highest BCUT2D eigenvalue weighted by atomic mass is 16.3. The predicted octanol–water partition coefficient (Wildman–Crippen LogP) is 2.66. The van der Waals surface area contributed by atoms with Crippen molar-refractivity contribution >= 4 is 16.9 Å². The van der Waals surface area contributed by atoms with Gasteiger partial charge in [0.1, 0.15) is 5.58 Å². The summed E-state index contributed by atoms with van der Waals surface area (Å²) in [5.74, 6) is 0.0750. The first-order valence-electron chi connectivity index (χ1n) is 7.81. The van der Waals surface area contributed by atoms with E-state index in [1.54, 1.807) is 12.5 Å². The monoisotopic (exact) mass is 301 g/mol. The first-order valence-corrected chi connectivity index (χ1v) is 7.81. The summed E-state index contributed by atoms with van der Waals surface area (Å²) in [4.78, 5) is 19.1. The molecule has 3 rings (SSSR count). The first kappa shape index (κ1) is 15.0. The van der Waals surface area contributed by atoms with Gasteiger partial charge in [0.15, 0.2) is 0 Å². The van der Waals surface area contributed by atoms with E-state index in [0.29, 0.717) is 12.5 Å². The van der Waals surface area contributed by atoms with E-state index < -0.39 is 5.54 Å². The first-order chi connectivity index (χ1) is 10.5.